The Labute approximate surface area is 120 Å². The Kier molecular flexibility index (Phi) is 4.49. The predicted octanol–water partition coefficient (Wildman–Crippen LogP) is 3.20. The lowest BCUT2D eigenvalue weighted by molar-refractivity contribution is 0.339. The zero-order valence-corrected chi connectivity index (χ0v) is 12.7. The highest BCUT2D eigenvalue weighted by molar-refractivity contribution is 7.99. The summed E-state index contributed by atoms with van der Waals surface area (Å²) in [5, 5.41) is 4.31. The lowest BCUT2D eigenvalue weighted by Crippen LogP contribution is -2.29. The van der Waals surface area contributed by atoms with Crippen LogP contribution >= 0.6 is 11.8 Å². The molecule has 0 bridgehead atoms. The summed E-state index contributed by atoms with van der Waals surface area (Å²) >= 11 is 2.04. The molecule has 1 aromatic rings. The molecule has 106 valence electrons. The van der Waals surface area contributed by atoms with Gasteiger partial charge in [0.05, 0.1) is 6.33 Å². The van der Waals surface area contributed by atoms with Gasteiger partial charge in [-0.3, -0.25) is 0 Å². The van der Waals surface area contributed by atoms with E-state index in [-0.39, 0.29) is 0 Å². The van der Waals surface area contributed by atoms with E-state index < -0.39 is 0 Å². The van der Waals surface area contributed by atoms with Crippen molar-refractivity contribution in [2.75, 3.05) is 19.3 Å². The molecule has 19 heavy (non-hydrogen) atoms. The summed E-state index contributed by atoms with van der Waals surface area (Å²) in [7, 11) is 0. The van der Waals surface area contributed by atoms with Gasteiger partial charge in [-0.2, -0.15) is 11.8 Å². The summed E-state index contributed by atoms with van der Waals surface area (Å²) < 4.78 is 2.51. The van der Waals surface area contributed by atoms with Gasteiger partial charge in [-0.1, -0.05) is 6.42 Å². The van der Waals surface area contributed by atoms with E-state index in [1.54, 1.807) is 0 Å². The molecule has 2 unspecified atom stereocenters. The number of imidazole rings is 1. The third-order valence-electron chi connectivity index (χ3n) is 4.78. The second-order valence-corrected chi connectivity index (χ2v) is 7.07. The fourth-order valence-corrected chi connectivity index (χ4v) is 4.46. The van der Waals surface area contributed by atoms with Crippen LogP contribution in [0.3, 0.4) is 0 Å². The minimum Gasteiger partial charge on any atom is -0.331 e. The molecule has 4 heteroatoms. The average molecular weight is 279 g/mol. The van der Waals surface area contributed by atoms with Crippen molar-refractivity contribution in [3.8, 4) is 0 Å². The Morgan fingerprint density at radius 2 is 2.11 bits per heavy atom. The molecule has 2 atom stereocenters. The smallest absolute Gasteiger partial charge is 0.0950 e. The van der Waals surface area contributed by atoms with Crippen molar-refractivity contribution in [1.29, 1.82) is 0 Å². The van der Waals surface area contributed by atoms with Gasteiger partial charge in [-0.15, -0.1) is 0 Å². The number of hydrogen-bond donors (Lipinski definition) is 1. The van der Waals surface area contributed by atoms with Gasteiger partial charge >= 0.3 is 0 Å². The second-order valence-electron chi connectivity index (χ2n) is 5.93. The van der Waals surface area contributed by atoms with Gasteiger partial charge < -0.3 is 9.88 Å². The maximum atomic E-state index is 4.46. The first kappa shape index (κ1) is 13.5. The molecule has 2 aliphatic rings. The number of nitrogens with zero attached hydrogens (tertiary/aromatic N) is 2. The van der Waals surface area contributed by atoms with Crippen molar-refractivity contribution in [3.05, 3.63) is 18.2 Å². The molecule has 1 aliphatic heterocycles. The molecule has 0 spiro atoms. The van der Waals surface area contributed by atoms with Crippen molar-refractivity contribution in [3.63, 3.8) is 0 Å². The summed E-state index contributed by atoms with van der Waals surface area (Å²) in [5.41, 5.74) is 1.49. The van der Waals surface area contributed by atoms with Crippen molar-refractivity contribution in [2.45, 2.75) is 55.7 Å². The number of hydrogen-bond acceptors (Lipinski definition) is 3. The summed E-state index contributed by atoms with van der Waals surface area (Å²) in [6.07, 6.45) is 14.4. The normalized spacial score (nSPS) is 29.5. The third kappa shape index (κ3) is 3.00. The van der Waals surface area contributed by atoms with Gasteiger partial charge in [0, 0.05) is 29.1 Å². The fraction of sp³-hybridized carbons (Fsp3) is 0.800. The van der Waals surface area contributed by atoms with Crippen LogP contribution in [-0.2, 0) is 0 Å². The van der Waals surface area contributed by atoms with Crippen molar-refractivity contribution >= 4 is 11.8 Å². The molecule has 1 saturated carbocycles. The van der Waals surface area contributed by atoms with Gasteiger partial charge in [0.25, 0.3) is 0 Å². The van der Waals surface area contributed by atoms with Crippen LogP contribution in [0.1, 0.15) is 56.2 Å². The molecule has 3 rings (SSSR count). The van der Waals surface area contributed by atoms with Crippen molar-refractivity contribution < 1.29 is 0 Å². The van der Waals surface area contributed by atoms with Crippen molar-refractivity contribution in [2.24, 2.45) is 0 Å². The van der Waals surface area contributed by atoms with Crippen LogP contribution in [0.5, 0.6) is 0 Å². The summed E-state index contributed by atoms with van der Waals surface area (Å²) in [6.45, 7) is 2.32. The zero-order valence-electron chi connectivity index (χ0n) is 11.8. The monoisotopic (exact) mass is 279 g/mol. The molecule has 2 heterocycles. The highest BCUT2D eigenvalue weighted by Gasteiger charge is 2.26. The maximum Gasteiger partial charge on any atom is 0.0950 e. The molecule has 1 aromatic heterocycles. The first-order chi connectivity index (χ1) is 9.38. The largest absolute Gasteiger partial charge is 0.331 e. The molecule has 2 fully saturated rings. The van der Waals surface area contributed by atoms with Crippen LogP contribution in [-0.4, -0.2) is 34.1 Å². The highest BCUT2D eigenvalue weighted by atomic mass is 32.2. The number of thioether (sulfide) groups is 1. The minimum atomic E-state index is 0.693. The second kappa shape index (κ2) is 6.31. The Morgan fingerprint density at radius 1 is 1.26 bits per heavy atom. The molecule has 1 saturated heterocycles. The van der Waals surface area contributed by atoms with Crippen LogP contribution in [0.25, 0.3) is 0 Å². The Hall–Kier alpha value is -0.480. The minimum absolute atomic E-state index is 0.693. The van der Waals surface area contributed by atoms with E-state index >= 15 is 0 Å². The van der Waals surface area contributed by atoms with Gasteiger partial charge in [0.15, 0.2) is 0 Å². The molecular weight excluding hydrogens is 254 g/mol. The third-order valence-corrected chi connectivity index (χ3v) is 5.87. The SMILES string of the molecule is CSC1CCCC(n2cncc2C2CCNCC2)C1. The highest BCUT2D eigenvalue weighted by Crippen LogP contribution is 2.36. The summed E-state index contributed by atoms with van der Waals surface area (Å²) in [6, 6.07) is 0.693. The van der Waals surface area contributed by atoms with Crippen LogP contribution in [0.15, 0.2) is 12.5 Å². The van der Waals surface area contributed by atoms with Crippen LogP contribution < -0.4 is 5.32 Å². The van der Waals surface area contributed by atoms with E-state index in [1.165, 1.54) is 44.2 Å². The number of aromatic nitrogens is 2. The maximum absolute atomic E-state index is 4.46. The Morgan fingerprint density at radius 3 is 2.89 bits per heavy atom. The topological polar surface area (TPSA) is 29.9 Å². The molecular formula is C15H25N3S. The van der Waals surface area contributed by atoms with Crippen molar-refractivity contribution in [1.82, 2.24) is 14.9 Å². The van der Waals surface area contributed by atoms with Crippen LogP contribution in [0, 0.1) is 0 Å². The number of rotatable bonds is 3. The van der Waals surface area contributed by atoms with Gasteiger partial charge in [-0.05, 0) is 51.4 Å². The Balaban J connectivity index is 1.75. The lowest BCUT2D eigenvalue weighted by atomic mass is 9.91. The van der Waals surface area contributed by atoms with E-state index in [0.29, 0.717) is 6.04 Å². The van der Waals surface area contributed by atoms with Gasteiger partial charge in [0.2, 0.25) is 0 Å². The van der Waals surface area contributed by atoms with Gasteiger partial charge in [-0.25, -0.2) is 4.98 Å². The molecule has 1 aliphatic carbocycles. The van der Waals surface area contributed by atoms with E-state index in [0.717, 1.165) is 24.3 Å². The molecule has 0 aromatic carbocycles. The van der Waals surface area contributed by atoms with Crippen LogP contribution in [0.2, 0.25) is 0 Å². The first-order valence-electron chi connectivity index (χ1n) is 7.63. The molecule has 1 N–H and O–H groups in total. The average Bonchev–Trinajstić information content (AvgIpc) is 2.98. The molecule has 0 radical (unpaired) electrons. The van der Waals surface area contributed by atoms with E-state index in [2.05, 4.69) is 33.6 Å². The summed E-state index contributed by atoms with van der Waals surface area (Å²) in [5.74, 6) is 0.721. The number of nitrogens with one attached hydrogen (secondary N) is 1. The number of piperidine rings is 1. The Bertz CT molecular complexity index is 398. The van der Waals surface area contributed by atoms with E-state index in [1.807, 2.05) is 11.8 Å². The predicted molar refractivity (Wildman–Crippen MR) is 81.9 cm³/mol. The molecule has 0 amide bonds. The standard InChI is InChI=1S/C15H25N3S/c1-19-14-4-2-3-13(9-14)18-11-17-10-15(18)12-5-7-16-8-6-12/h10-14,16H,2-9H2,1H3. The lowest BCUT2D eigenvalue weighted by Gasteiger charge is -2.32. The quantitative estimate of drug-likeness (QED) is 0.921. The van der Waals surface area contributed by atoms with E-state index in [9.17, 15) is 0 Å². The molecule has 3 nitrogen and oxygen atoms in total. The van der Waals surface area contributed by atoms with E-state index in [4.69, 9.17) is 0 Å². The summed E-state index contributed by atoms with van der Waals surface area (Å²) in [4.78, 5) is 4.46. The zero-order chi connectivity index (χ0) is 13.1. The van der Waals surface area contributed by atoms with Gasteiger partial charge in [0.1, 0.15) is 0 Å². The first-order valence-corrected chi connectivity index (χ1v) is 8.92. The van der Waals surface area contributed by atoms with Crippen LogP contribution in [0.4, 0.5) is 0 Å². The fourth-order valence-electron chi connectivity index (χ4n) is 3.64.